The Hall–Kier alpha value is -0.520. The highest BCUT2D eigenvalue weighted by Gasteiger charge is 2.12. The van der Waals surface area contributed by atoms with Gasteiger partial charge >= 0.3 is 0 Å². The summed E-state index contributed by atoms with van der Waals surface area (Å²) in [5.41, 5.74) is 5.83. The topological polar surface area (TPSA) is 29.3 Å². The van der Waals surface area contributed by atoms with Gasteiger partial charge in [-0.15, -0.1) is 12.3 Å². The van der Waals surface area contributed by atoms with E-state index >= 15 is 0 Å². The average molecular weight is 166 g/mol. The van der Waals surface area contributed by atoms with Crippen molar-refractivity contribution in [2.45, 2.75) is 31.7 Å². The summed E-state index contributed by atoms with van der Waals surface area (Å²) in [6.07, 6.45) is 9.91. The Morgan fingerprint density at radius 1 is 1.33 bits per heavy atom. The summed E-state index contributed by atoms with van der Waals surface area (Å²) in [5.74, 6) is 2.61. The average Bonchev–Trinajstić information content (AvgIpc) is 2.06. The quantitative estimate of drug-likeness (QED) is 0.629. The standard InChI is InChI=1S/C10H18N2/c1-2-6-10(11)9-12-7-4-3-5-8-12/h1,10H,3-9,11H2. The summed E-state index contributed by atoms with van der Waals surface area (Å²) >= 11 is 0. The summed E-state index contributed by atoms with van der Waals surface area (Å²) in [6, 6.07) is 0.174. The van der Waals surface area contributed by atoms with Gasteiger partial charge in [-0.05, 0) is 25.9 Å². The Morgan fingerprint density at radius 2 is 2.00 bits per heavy atom. The first-order valence-corrected chi connectivity index (χ1v) is 4.74. The maximum Gasteiger partial charge on any atom is 0.0278 e. The Kier molecular flexibility index (Phi) is 4.13. The van der Waals surface area contributed by atoms with E-state index in [1.165, 1.54) is 32.4 Å². The smallest absolute Gasteiger partial charge is 0.0278 e. The third-order valence-electron chi connectivity index (χ3n) is 2.32. The normalized spacial score (nSPS) is 21.7. The van der Waals surface area contributed by atoms with Crippen molar-refractivity contribution < 1.29 is 0 Å². The van der Waals surface area contributed by atoms with Gasteiger partial charge in [-0.1, -0.05) is 6.42 Å². The van der Waals surface area contributed by atoms with E-state index in [0.29, 0.717) is 6.42 Å². The lowest BCUT2D eigenvalue weighted by molar-refractivity contribution is 0.216. The van der Waals surface area contributed by atoms with E-state index in [9.17, 15) is 0 Å². The molecule has 0 bridgehead atoms. The molecule has 68 valence electrons. The summed E-state index contributed by atoms with van der Waals surface area (Å²) in [5, 5.41) is 0. The second-order valence-electron chi connectivity index (χ2n) is 3.53. The molecule has 1 unspecified atom stereocenters. The summed E-state index contributed by atoms with van der Waals surface area (Å²) < 4.78 is 0. The lowest BCUT2D eigenvalue weighted by Gasteiger charge is -2.28. The third-order valence-corrected chi connectivity index (χ3v) is 2.32. The molecule has 2 heteroatoms. The van der Waals surface area contributed by atoms with E-state index in [-0.39, 0.29) is 6.04 Å². The molecule has 0 saturated carbocycles. The minimum absolute atomic E-state index is 0.174. The molecule has 0 aromatic carbocycles. The van der Waals surface area contributed by atoms with Crippen molar-refractivity contribution in [2.24, 2.45) is 5.73 Å². The molecule has 1 aliphatic heterocycles. The number of nitrogens with zero attached hydrogens (tertiary/aromatic N) is 1. The largest absolute Gasteiger partial charge is 0.326 e. The van der Waals surface area contributed by atoms with Crippen LogP contribution in [0, 0.1) is 12.3 Å². The Balaban J connectivity index is 2.16. The number of likely N-dealkylation sites (tertiary alicyclic amines) is 1. The van der Waals surface area contributed by atoms with Gasteiger partial charge in [-0.2, -0.15) is 0 Å². The van der Waals surface area contributed by atoms with Crippen molar-refractivity contribution in [1.29, 1.82) is 0 Å². The van der Waals surface area contributed by atoms with Gasteiger partial charge in [0.15, 0.2) is 0 Å². The molecule has 1 saturated heterocycles. The van der Waals surface area contributed by atoms with Crippen molar-refractivity contribution in [3.05, 3.63) is 0 Å². The van der Waals surface area contributed by atoms with Gasteiger partial charge in [0.05, 0.1) is 0 Å². The van der Waals surface area contributed by atoms with Gasteiger partial charge in [0, 0.05) is 19.0 Å². The van der Waals surface area contributed by atoms with Crippen LogP contribution in [0.1, 0.15) is 25.7 Å². The van der Waals surface area contributed by atoms with Crippen LogP contribution < -0.4 is 5.73 Å². The molecule has 1 atom stereocenters. The fraction of sp³-hybridized carbons (Fsp3) is 0.800. The van der Waals surface area contributed by atoms with Crippen LogP contribution in [0.2, 0.25) is 0 Å². The molecule has 0 spiro atoms. The van der Waals surface area contributed by atoms with Crippen LogP contribution in [0.5, 0.6) is 0 Å². The molecule has 2 N–H and O–H groups in total. The molecule has 1 rings (SSSR count). The van der Waals surface area contributed by atoms with Crippen molar-refractivity contribution >= 4 is 0 Å². The minimum Gasteiger partial charge on any atom is -0.326 e. The first kappa shape index (κ1) is 9.57. The Morgan fingerprint density at radius 3 is 2.58 bits per heavy atom. The zero-order chi connectivity index (χ0) is 8.81. The lowest BCUT2D eigenvalue weighted by Crippen LogP contribution is -2.40. The molecule has 0 radical (unpaired) electrons. The monoisotopic (exact) mass is 166 g/mol. The molecule has 1 fully saturated rings. The number of terminal acetylenes is 1. The van der Waals surface area contributed by atoms with Gasteiger partial charge in [0.1, 0.15) is 0 Å². The maximum absolute atomic E-state index is 5.83. The SMILES string of the molecule is C#CCC(N)CN1CCCCC1. The second-order valence-corrected chi connectivity index (χ2v) is 3.53. The van der Waals surface area contributed by atoms with Crippen LogP contribution in [0.25, 0.3) is 0 Å². The summed E-state index contributed by atoms with van der Waals surface area (Å²) in [4.78, 5) is 2.42. The van der Waals surface area contributed by atoms with Gasteiger partial charge in [0.25, 0.3) is 0 Å². The molecule has 0 amide bonds. The van der Waals surface area contributed by atoms with Gasteiger partial charge < -0.3 is 10.6 Å². The van der Waals surface area contributed by atoms with E-state index in [2.05, 4.69) is 10.8 Å². The van der Waals surface area contributed by atoms with Crippen LogP contribution >= 0.6 is 0 Å². The van der Waals surface area contributed by atoms with E-state index < -0.39 is 0 Å². The molecule has 1 heterocycles. The third kappa shape index (κ3) is 3.25. The predicted octanol–water partition coefficient (Wildman–Crippen LogP) is 0.823. The van der Waals surface area contributed by atoms with Crippen LogP contribution in [0.15, 0.2) is 0 Å². The first-order valence-electron chi connectivity index (χ1n) is 4.74. The maximum atomic E-state index is 5.83. The second kappa shape index (κ2) is 5.18. The van der Waals surface area contributed by atoms with Crippen molar-refractivity contribution in [3.63, 3.8) is 0 Å². The summed E-state index contributed by atoms with van der Waals surface area (Å²) in [6.45, 7) is 3.39. The van der Waals surface area contributed by atoms with Crippen molar-refractivity contribution in [2.75, 3.05) is 19.6 Å². The van der Waals surface area contributed by atoms with Gasteiger partial charge in [0.2, 0.25) is 0 Å². The van der Waals surface area contributed by atoms with Crippen LogP contribution in [-0.4, -0.2) is 30.6 Å². The molecule has 2 nitrogen and oxygen atoms in total. The highest BCUT2D eigenvalue weighted by atomic mass is 15.1. The Labute approximate surface area is 75.1 Å². The predicted molar refractivity (Wildman–Crippen MR) is 51.7 cm³/mol. The van der Waals surface area contributed by atoms with Gasteiger partial charge in [-0.3, -0.25) is 0 Å². The fourth-order valence-electron chi connectivity index (χ4n) is 1.69. The van der Waals surface area contributed by atoms with E-state index in [1.54, 1.807) is 0 Å². The molecule has 0 aromatic rings. The number of hydrogen-bond acceptors (Lipinski definition) is 2. The molecule has 12 heavy (non-hydrogen) atoms. The molecule has 0 aliphatic carbocycles. The zero-order valence-electron chi connectivity index (χ0n) is 7.63. The van der Waals surface area contributed by atoms with E-state index in [4.69, 9.17) is 12.2 Å². The molecular weight excluding hydrogens is 148 g/mol. The zero-order valence-corrected chi connectivity index (χ0v) is 7.63. The molecular formula is C10H18N2. The molecule has 0 aromatic heterocycles. The van der Waals surface area contributed by atoms with Crippen molar-refractivity contribution in [1.82, 2.24) is 4.90 Å². The van der Waals surface area contributed by atoms with Crippen LogP contribution in [0.4, 0.5) is 0 Å². The van der Waals surface area contributed by atoms with Crippen LogP contribution in [0.3, 0.4) is 0 Å². The molecule has 1 aliphatic rings. The Bertz CT molecular complexity index is 154. The lowest BCUT2D eigenvalue weighted by atomic mass is 10.1. The first-order chi connectivity index (χ1) is 5.83. The van der Waals surface area contributed by atoms with E-state index in [1.807, 2.05) is 0 Å². The number of hydrogen-bond donors (Lipinski definition) is 1. The summed E-state index contributed by atoms with van der Waals surface area (Å²) in [7, 11) is 0. The number of nitrogens with two attached hydrogens (primary N) is 1. The highest BCUT2D eigenvalue weighted by Crippen LogP contribution is 2.08. The van der Waals surface area contributed by atoms with Crippen LogP contribution in [-0.2, 0) is 0 Å². The van der Waals surface area contributed by atoms with Gasteiger partial charge in [-0.25, -0.2) is 0 Å². The number of piperidine rings is 1. The van der Waals surface area contributed by atoms with E-state index in [0.717, 1.165) is 6.54 Å². The minimum atomic E-state index is 0.174. The number of rotatable bonds is 3. The highest BCUT2D eigenvalue weighted by molar-refractivity contribution is 4.89. The van der Waals surface area contributed by atoms with Crippen molar-refractivity contribution in [3.8, 4) is 12.3 Å². The fourth-order valence-corrected chi connectivity index (χ4v) is 1.69.